The number of hydrogen-bond donors (Lipinski definition) is 1. The Hall–Kier alpha value is -2.32. The normalized spacial score (nSPS) is 9.76. The van der Waals surface area contributed by atoms with E-state index in [9.17, 15) is 4.79 Å². The van der Waals surface area contributed by atoms with Gasteiger partial charge in [-0.3, -0.25) is 4.79 Å². The number of hydrogen-bond acceptors (Lipinski definition) is 3. The van der Waals surface area contributed by atoms with Crippen LogP contribution in [0.1, 0.15) is 5.56 Å². The van der Waals surface area contributed by atoms with Crippen LogP contribution in [-0.4, -0.2) is 19.5 Å². The fraction of sp³-hybridized carbons (Fsp3) is 0.125. The molecule has 0 atom stereocenters. The highest BCUT2D eigenvalue weighted by Gasteiger charge is 2.09. The van der Waals surface area contributed by atoms with Crippen LogP contribution in [0.5, 0.6) is 0 Å². The van der Waals surface area contributed by atoms with Crippen molar-refractivity contribution in [3.05, 3.63) is 58.6 Å². The van der Waals surface area contributed by atoms with Gasteiger partial charge in [-0.2, -0.15) is 5.26 Å². The van der Waals surface area contributed by atoms with Crippen LogP contribution in [0.2, 0.25) is 0 Å². The van der Waals surface area contributed by atoms with Gasteiger partial charge in [-0.1, -0.05) is 18.2 Å². The van der Waals surface area contributed by atoms with Crippen molar-refractivity contribution in [3.8, 4) is 6.07 Å². The largest absolute Gasteiger partial charge is 0.365 e. The second kappa shape index (κ2) is 6.91. The molecule has 0 saturated carbocycles. The highest BCUT2D eigenvalue weighted by Crippen LogP contribution is 2.21. The Balaban J connectivity index is 2.02. The number of likely N-dealkylation sites (N-methyl/N-ethyl adjacent to an activating group) is 1. The van der Waals surface area contributed by atoms with Crippen molar-refractivity contribution in [1.82, 2.24) is 0 Å². The molecule has 0 aromatic heterocycles. The van der Waals surface area contributed by atoms with E-state index in [-0.39, 0.29) is 12.5 Å². The molecule has 2 aromatic rings. The molecule has 0 aliphatic heterocycles. The van der Waals surface area contributed by atoms with E-state index < -0.39 is 0 Å². The number of anilines is 2. The van der Waals surface area contributed by atoms with Crippen molar-refractivity contribution in [2.45, 2.75) is 0 Å². The molecule has 0 spiro atoms. The molecule has 4 nitrogen and oxygen atoms in total. The molecule has 0 aliphatic carbocycles. The number of para-hydroxylation sites is 1. The maximum absolute atomic E-state index is 12.1. The predicted molar refractivity (Wildman–Crippen MR) is 87.2 cm³/mol. The number of halogens is 1. The molecule has 1 amide bonds. The van der Waals surface area contributed by atoms with E-state index in [0.29, 0.717) is 5.56 Å². The van der Waals surface area contributed by atoms with Crippen molar-refractivity contribution < 1.29 is 4.79 Å². The van der Waals surface area contributed by atoms with Crippen LogP contribution in [-0.2, 0) is 4.79 Å². The van der Waals surface area contributed by atoms with E-state index in [1.807, 2.05) is 37.4 Å². The van der Waals surface area contributed by atoms with Gasteiger partial charge in [0.1, 0.15) is 0 Å². The summed E-state index contributed by atoms with van der Waals surface area (Å²) in [5.74, 6) is -0.119. The first-order valence-electron chi connectivity index (χ1n) is 6.36. The van der Waals surface area contributed by atoms with Crippen LogP contribution in [0.25, 0.3) is 0 Å². The minimum absolute atomic E-state index is 0.119. The summed E-state index contributed by atoms with van der Waals surface area (Å²) in [5.41, 5.74) is 2.14. The fourth-order valence-electron chi connectivity index (χ4n) is 1.87. The molecule has 1 N–H and O–H groups in total. The fourth-order valence-corrected chi connectivity index (χ4v) is 2.26. The molecule has 21 heavy (non-hydrogen) atoms. The van der Waals surface area contributed by atoms with Gasteiger partial charge in [0.25, 0.3) is 0 Å². The SMILES string of the molecule is CN(CC(=O)Nc1ccccc1Br)c1cccc(C#N)c1. The van der Waals surface area contributed by atoms with Gasteiger partial charge in [-0.05, 0) is 46.3 Å². The molecule has 106 valence electrons. The lowest BCUT2D eigenvalue weighted by Crippen LogP contribution is -2.30. The number of rotatable bonds is 4. The van der Waals surface area contributed by atoms with Gasteiger partial charge in [-0.15, -0.1) is 0 Å². The molecule has 0 saturated heterocycles. The molecule has 2 aromatic carbocycles. The van der Waals surface area contributed by atoms with Crippen molar-refractivity contribution in [3.63, 3.8) is 0 Å². The van der Waals surface area contributed by atoms with E-state index in [4.69, 9.17) is 5.26 Å². The topological polar surface area (TPSA) is 56.1 Å². The van der Waals surface area contributed by atoms with Gasteiger partial charge in [0.15, 0.2) is 0 Å². The number of carbonyl (C=O) groups excluding carboxylic acids is 1. The number of nitriles is 1. The number of nitrogens with one attached hydrogen (secondary N) is 1. The summed E-state index contributed by atoms with van der Waals surface area (Å²) in [6, 6.07) is 16.7. The molecular formula is C16H14BrN3O. The van der Waals surface area contributed by atoms with Gasteiger partial charge in [0.05, 0.1) is 23.9 Å². The van der Waals surface area contributed by atoms with Gasteiger partial charge >= 0.3 is 0 Å². The first-order valence-corrected chi connectivity index (χ1v) is 7.15. The van der Waals surface area contributed by atoms with Gasteiger partial charge in [-0.25, -0.2) is 0 Å². The number of nitrogens with zero attached hydrogens (tertiary/aromatic N) is 2. The Bertz CT molecular complexity index is 694. The van der Waals surface area contributed by atoms with Crippen molar-refractivity contribution in [2.24, 2.45) is 0 Å². The van der Waals surface area contributed by atoms with Crippen molar-refractivity contribution >= 4 is 33.2 Å². The van der Waals surface area contributed by atoms with Crippen LogP contribution in [0.15, 0.2) is 53.0 Å². The summed E-state index contributed by atoms with van der Waals surface area (Å²) in [6.45, 7) is 0.205. The van der Waals surface area contributed by atoms with Crippen LogP contribution in [0, 0.1) is 11.3 Å². The van der Waals surface area contributed by atoms with Gasteiger partial charge in [0, 0.05) is 17.2 Å². The zero-order valence-corrected chi connectivity index (χ0v) is 13.1. The first kappa shape index (κ1) is 15.1. The quantitative estimate of drug-likeness (QED) is 0.925. The average molecular weight is 344 g/mol. The maximum Gasteiger partial charge on any atom is 0.243 e. The van der Waals surface area contributed by atoms with E-state index in [1.165, 1.54) is 0 Å². The van der Waals surface area contributed by atoms with Gasteiger partial charge in [0.2, 0.25) is 5.91 Å². The number of benzene rings is 2. The monoisotopic (exact) mass is 343 g/mol. The lowest BCUT2D eigenvalue weighted by Gasteiger charge is -2.19. The smallest absolute Gasteiger partial charge is 0.243 e. The Labute approximate surface area is 132 Å². The summed E-state index contributed by atoms with van der Waals surface area (Å²) in [6.07, 6.45) is 0. The molecule has 0 unspecified atom stereocenters. The molecule has 0 bridgehead atoms. The molecule has 2 rings (SSSR count). The third kappa shape index (κ3) is 4.07. The molecule has 5 heteroatoms. The summed E-state index contributed by atoms with van der Waals surface area (Å²) in [5, 5.41) is 11.7. The Kier molecular flexibility index (Phi) is 4.96. The highest BCUT2D eigenvalue weighted by atomic mass is 79.9. The summed E-state index contributed by atoms with van der Waals surface area (Å²) < 4.78 is 0.840. The zero-order chi connectivity index (χ0) is 15.2. The third-order valence-corrected chi connectivity index (χ3v) is 3.64. The molecule has 0 fully saturated rings. The zero-order valence-electron chi connectivity index (χ0n) is 11.5. The van der Waals surface area contributed by atoms with Crippen LogP contribution >= 0.6 is 15.9 Å². The number of amides is 1. The average Bonchev–Trinajstić information content (AvgIpc) is 2.49. The lowest BCUT2D eigenvalue weighted by atomic mass is 10.2. The maximum atomic E-state index is 12.1. The van der Waals surface area contributed by atoms with Gasteiger partial charge < -0.3 is 10.2 Å². The lowest BCUT2D eigenvalue weighted by molar-refractivity contribution is -0.114. The van der Waals surface area contributed by atoms with E-state index in [2.05, 4.69) is 27.3 Å². The van der Waals surface area contributed by atoms with E-state index in [1.54, 1.807) is 23.1 Å². The predicted octanol–water partition coefficient (Wildman–Crippen LogP) is 3.40. The summed E-state index contributed by atoms with van der Waals surface area (Å²) in [4.78, 5) is 13.9. The Morgan fingerprint density at radius 1 is 1.29 bits per heavy atom. The Morgan fingerprint density at radius 3 is 2.76 bits per heavy atom. The minimum Gasteiger partial charge on any atom is -0.365 e. The molecule has 0 heterocycles. The second-order valence-corrected chi connectivity index (χ2v) is 5.40. The van der Waals surface area contributed by atoms with E-state index >= 15 is 0 Å². The van der Waals surface area contributed by atoms with E-state index in [0.717, 1.165) is 15.8 Å². The number of carbonyl (C=O) groups is 1. The molecule has 0 aliphatic rings. The first-order chi connectivity index (χ1) is 10.1. The standard InChI is InChI=1S/C16H14BrN3O/c1-20(13-6-4-5-12(9-13)10-18)11-16(21)19-15-8-3-2-7-14(15)17/h2-9H,11H2,1H3,(H,19,21). The summed E-state index contributed by atoms with van der Waals surface area (Å²) >= 11 is 3.39. The second-order valence-electron chi connectivity index (χ2n) is 4.55. The van der Waals surface area contributed by atoms with Crippen molar-refractivity contribution in [1.29, 1.82) is 5.26 Å². The molecular weight excluding hydrogens is 330 g/mol. The third-order valence-electron chi connectivity index (χ3n) is 2.94. The van der Waals surface area contributed by atoms with Crippen LogP contribution < -0.4 is 10.2 Å². The summed E-state index contributed by atoms with van der Waals surface area (Å²) in [7, 11) is 1.82. The minimum atomic E-state index is -0.119. The molecule has 0 radical (unpaired) electrons. The highest BCUT2D eigenvalue weighted by molar-refractivity contribution is 9.10. The van der Waals surface area contributed by atoms with Crippen molar-refractivity contribution in [2.75, 3.05) is 23.8 Å². The van der Waals surface area contributed by atoms with Crippen LogP contribution in [0.3, 0.4) is 0 Å². The Morgan fingerprint density at radius 2 is 2.05 bits per heavy atom. The van der Waals surface area contributed by atoms with Crippen LogP contribution in [0.4, 0.5) is 11.4 Å².